The molecule has 3 rings (SSSR count). The molecule has 2 heteroatoms. The lowest BCUT2D eigenvalue weighted by molar-refractivity contribution is -0.0475. The van der Waals surface area contributed by atoms with Gasteiger partial charge in [0.1, 0.15) is 0 Å². The van der Waals surface area contributed by atoms with Gasteiger partial charge in [0, 0.05) is 17.0 Å². The monoisotopic (exact) mass is 249 g/mol. The second-order valence-corrected chi connectivity index (χ2v) is 6.40. The van der Waals surface area contributed by atoms with Crippen molar-refractivity contribution in [3.05, 3.63) is 34.9 Å². The van der Waals surface area contributed by atoms with Crippen LogP contribution in [0.5, 0.6) is 0 Å². The molecule has 2 aliphatic carbocycles. The van der Waals surface area contributed by atoms with Crippen molar-refractivity contribution in [1.82, 2.24) is 5.32 Å². The summed E-state index contributed by atoms with van der Waals surface area (Å²) in [7, 11) is 2.05. The first-order valence-corrected chi connectivity index (χ1v) is 6.97. The first kappa shape index (κ1) is 11.6. The maximum Gasteiger partial charge on any atom is 0.0444 e. The molecular weight excluding hydrogens is 230 g/mol. The molecule has 0 amide bonds. The fourth-order valence-electron chi connectivity index (χ4n) is 4.05. The summed E-state index contributed by atoms with van der Waals surface area (Å²) in [6.45, 7) is 1.05. The Kier molecular flexibility index (Phi) is 2.72. The summed E-state index contributed by atoms with van der Waals surface area (Å²) in [4.78, 5) is 0. The minimum absolute atomic E-state index is 0.299. The van der Waals surface area contributed by atoms with Gasteiger partial charge < -0.3 is 5.32 Å². The Balaban J connectivity index is 1.89. The summed E-state index contributed by atoms with van der Waals surface area (Å²) < 4.78 is 0. The van der Waals surface area contributed by atoms with Crippen LogP contribution >= 0.6 is 11.6 Å². The molecule has 1 nitrogen and oxygen atoms in total. The van der Waals surface area contributed by atoms with E-state index in [2.05, 4.69) is 17.4 Å². The summed E-state index contributed by atoms with van der Waals surface area (Å²) in [5, 5.41) is 4.31. The van der Waals surface area contributed by atoms with E-state index in [1.807, 2.05) is 19.2 Å². The number of halogens is 1. The molecule has 2 saturated carbocycles. The first-order chi connectivity index (χ1) is 8.20. The zero-order valence-corrected chi connectivity index (χ0v) is 11.2. The molecule has 0 saturated heterocycles. The minimum atomic E-state index is 0.299. The molecule has 2 aliphatic rings. The predicted molar refractivity (Wildman–Crippen MR) is 72.6 cm³/mol. The average Bonchev–Trinajstić information content (AvgIpc) is 2.21. The molecule has 1 aromatic rings. The van der Waals surface area contributed by atoms with Gasteiger partial charge in [-0.1, -0.05) is 36.2 Å². The Bertz CT molecular complexity index is 415. The molecule has 0 aromatic heterocycles. The number of nitrogens with one attached hydrogen (secondary N) is 1. The highest BCUT2D eigenvalue weighted by Crippen LogP contribution is 2.65. The van der Waals surface area contributed by atoms with Gasteiger partial charge in [-0.15, -0.1) is 0 Å². The zero-order valence-electron chi connectivity index (χ0n) is 10.4. The summed E-state index contributed by atoms with van der Waals surface area (Å²) in [5.41, 5.74) is 2.33. The second kappa shape index (κ2) is 4.00. The Morgan fingerprint density at radius 3 is 2.47 bits per heavy atom. The van der Waals surface area contributed by atoms with Crippen LogP contribution in [0.2, 0.25) is 5.02 Å². The smallest absolute Gasteiger partial charge is 0.0444 e. The van der Waals surface area contributed by atoms with Crippen LogP contribution in [0.25, 0.3) is 0 Å². The van der Waals surface area contributed by atoms with Crippen LogP contribution in [0.1, 0.15) is 37.7 Å². The van der Waals surface area contributed by atoms with E-state index < -0.39 is 0 Å². The van der Waals surface area contributed by atoms with E-state index in [4.69, 9.17) is 11.6 Å². The van der Waals surface area contributed by atoms with Crippen molar-refractivity contribution in [3.8, 4) is 0 Å². The van der Waals surface area contributed by atoms with Gasteiger partial charge in [-0.05, 0) is 49.8 Å². The fraction of sp³-hybridized carbons (Fsp3) is 0.600. The minimum Gasteiger partial charge on any atom is -0.319 e. The number of benzene rings is 1. The number of hydrogen-bond donors (Lipinski definition) is 1. The quantitative estimate of drug-likeness (QED) is 0.860. The fourth-order valence-corrected chi connectivity index (χ4v) is 4.39. The van der Waals surface area contributed by atoms with E-state index in [0.717, 1.165) is 11.6 Å². The van der Waals surface area contributed by atoms with Gasteiger partial charge in [0.25, 0.3) is 0 Å². The van der Waals surface area contributed by atoms with Crippen molar-refractivity contribution >= 4 is 11.6 Å². The van der Waals surface area contributed by atoms with Gasteiger partial charge in [0.2, 0.25) is 0 Å². The third-order valence-corrected chi connectivity index (χ3v) is 5.13. The van der Waals surface area contributed by atoms with E-state index in [-0.39, 0.29) is 0 Å². The molecule has 0 aliphatic heterocycles. The lowest BCUT2D eigenvalue weighted by atomic mass is 9.43. The lowest BCUT2D eigenvalue weighted by Crippen LogP contribution is -2.57. The second-order valence-electron chi connectivity index (χ2n) is 6.00. The topological polar surface area (TPSA) is 12.0 Å². The normalized spacial score (nSPS) is 24.1. The molecule has 0 heterocycles. The van der Waals surface area contributed by atoms with Crippen LogP contribution in [-0.4, -0.2) is 13.6 Å². The van der Waals surface area contributed by atoms with Crippen LogP contribution in [-0.2, 0) is 5.41 Å². The van der Waals surface area contributed by atoms with E-state index >= 15 is 0 Å². The predicted octanol–water partition coefficient (Wildman–Crippen LogP) is 3.76. The number of hydrogen-bond acceptors (Lipinski definition) is 1. The van der Waals surface area contributed by atoms with Crippen molar-refractivity contribution in [3.63, 3.8) is 0 Å². The molecule has 1 spiro atoms. The first-order valence-electron chi connectivity index (χ1n) is 6.59. The van der Waals surface area contributed by atoms with Gasteiger partial charge in [0.05, 0.1) is 0 Å². The van der Waals surface area contributed by atoms with E-state index in [1.54, 1.807) is 0 Å². The molecule has 92 valence electrons. The number of rotatable bonds is 3. The standard InChI is InChI=1S/C15H20ClN/c1-17-11-15(9-14(10-15)7-4-8-14)12-5-2-3-6-13(12)16/h2-3,5-6,17H,4,7-11H2,1H3. The van der Waals surface area contributed by atoms with E-state index in [1.165, 1.54) is 37.7 Å². The maximum atomic E-state index is 6.38. The number of likely N-dealkylation sites (N-methyl/N-ethyl adjacent to an activating group) is 1. The van der Waals surface area contributed by atoms with Crippen LogP contribution in [0.4, 0.5) is 0 Å². The largest absolute Gasteiger partial charge is 0.319 e. The van der Waals surface area contributed by atoms with Crippen molar-refractivity contribution in [2.75, 3.05) is 13.6 Å². The summed E-state index contributed by atoms with van der Waals surface area (Å²) >= 11 is 6.38. The molecule has 1 N–H and O–H groups in total. The van der Waals surface area contributed by atoms with Crippen LogP contribution in [0, 0.1) is 5.41 Å². The van der Waals surface area contributed by atoms with E-state index in [0.29, 0.717) is 10.8 Å². The third-order valence-electron chi connectivity index (χ3n) is 4.80. The Morgan fingerprint density at radius 2 is 1.94 bits per heavy atom. The highest BCUT2D eigenvalue weighted by Gasteiger charge is 2.57. The summed E-state index contributed by atoms with van der Waals surface area (Å²) in [5.74, 6) is 0. The lowest BCUT2D eigenvalue weighted by Gasteiger charge is -2.61. The SMILES string of the molecule is CNCC1(c2ccccc2Cl)CC2(CCC2)C1. The molecule has 0 atom stereocenters. The van der Waals surface area contributed by atoms with Crippen molar-refractivity contribution in [2.45, 2.75) is 37.5 Å². The summed E-state index contributed by atoms with van der Waals surface area (Å²) in [6.07, 6.45) is 6.94. The molecule has 0 unspecified atom stereocenters. The van der Waals surface area contributed by atoms with E-state index in [9.17, 15) is 0 Å². The van der Waals surface area contributed by atoms with Crippen LogP contribution in [0.15, 0.2) is 24.3 Å². The zero-order chi connectivity index (χ0) is 11.9. The van der Waals surface area contributed by atoms with Gasteiger partial charge in [-0.3, -0.25) is 0 Å². The Morgan fingerprint density at radius 1 is 1.24 bits per heavy atom. The Hall–Kier alpha value is -0.530. The molecule has 0 bridgehead atoms. The van der Waals surface area contributed by atoms with Gasteiger partial charge >= 0.3 is 0 Å². The maximum absolute atomic E-state index is 6.38. The molecule has 0 radical (unpaired) electrons. The van der Waals surface area contributed by atoms with Crippen molar-refractivity contribution < 1.29 is 0 Å². The van der Waals surface area contributed by atoms with Gasteiger partial charge in [0.15, 0.2) is 0 Å². The highest BCUT2D eigenvalue weighted by molar-refractivity contribution is 6.31. The molecule has 17 heavy (non-hydrogen) atoms. The van der Waals surface area contributed by atoms with Crippen molar-refractivity contribution in [1.29, 1.82) is 0 Å². The average molecular weight is 250 g/mol. The molecule has 2 fully saturated rings. The summed E-state index contributed by atoms with van der Waals surface area (Å²) in [6, 6.07) is 8.38. The van der Waals surface area contributed by atoms with Crippen molar-refractivity contribution in [2.24, 2.45) is 5.41 Å². The highest BCUT2D eigenvalue weighted by atomic mass is 35.5. The molecule has 1 aromatic carbocycles. The Labute approximate surface area is 109 Å². The third kappa shape index (κ3) is 1.71. The molecular formula is C15H20ClN. The van der Waals surface area contributed by atoms with Crippen LogP contribution in [0.3, 0.4) is 0 Å². The van der Waals surface area contributed by atoms with Crippen LogP contribution < -0.4 is 5.32 Å². The van der Waals surface area contributed by atoms with Gasteiger partial charge in [-0.25, -0.2) is 0 Å². The van der Waals surface area contributed by atoms with Gasteiger partial charge in [-0.2, -0.15) is 0 Å².